The van der Waals surface area contributed by atoms with Gasteiger partial charge < -0.3 is 19.3 Å². The van der Waals surface area contributed by atoms with Crippen LogP contribution in [0.1, 0.15) is 17.3 Å². The Bertz CT molecular complexity index is 624. The van der Waals surface area contributed by atoms with Crippen molar-refractivity contribution in [2.75, 3.05) is 14.2 Å². The van der Waals surface area contributed by atoms with Gasteiger partial charge in [0.1, 0.15) is 6.42 Å². The Labute approximate surface area is 122 Å². The Balaban J connectivity index is 1.91. The predicted molar refractivity (Wildman–Crippen MR) is 74.1 cm³/mol. The molecule has 2 aromatic rings. The number of aromatic nitrogens is 2. The number of amides is 1. The van der Waals surface area contributed by atoms with E-state index in [1.807, 2.05) is 12.1 Å². The number of nitrogens with one attached hydrogen (secondary N) is 1. The molecule has 7 heteroatoms. The number of benzene rings is 1. The Kier molecular flexibility index (Phi) is 4.76. The number of carbonyl (C=O) groups excluding carboxylic acids is 1. The van der Waals surface area contributed by atoms with E-state index in [0.717, 1.165) is 5.56 Å². The van der Waals surface area contributed by atoms with E-state index in [-0.39, 0.29) is 12.3 Å². The first-order chi connectivity index (χ1) is 10.1. The number of nitrogens with zero attached hydrogens (tertiary/aromatic N) is 2. The van der Waals surface area contributed by atoms with E-state index in [1.54, 1.807) is 27.2 Å². The van der Waals surface area contributed by atoms with Gasteiger partial charge in [-0.25, -0.2) is 0 Å². The summed E-state index contributed by atoms with van der Waals surface area (Å²) in [5.41, 5.74) is 0.905. The highest BCUT2D eigenvalue weighted by atomic mass is 16.5. The monoisotopic (exact) mass is 291 g/mol. The van der Waals surface area contributed by atoms with Crippen LogP contribution in [0.15, 0.2) is 22.7 Å². The van der Waals surface area contributed by atoms with E-state index in [1.165, 1.54) is 0 Å². The third kappa shape index (κ3) is 3.95. The summed E-state index contributed by atoms with van der Waals surface area (Å²) in [6, 6.07) is 5.47. The standard InChI is InChI=1S/C14H17N3O4/c1-9-16-14(21-17-9)7-13(18)15-8-10-4-5-11(19-2)12(6-10)20-3/h4-6H,7-8H2,1-3H3,(H,15,18). The molecule has 0 saturated carbocycles. The van der Waals surface area contributed by atoms with Crippen molar-refractivity contribution in [3.05, 3.63) is 35.5 Å². The smallest absolute Gasteiger partial charge is 0.236 e. The average molecular weight is 291 g/mol. The van der Waals surface area contributed by atoms with E-state index in [4.69, 9.17) is 14.0 Å². The molecule has 0 spiro atoms. The van der Waals surface area contributed by atoms with Crippen molar-refractivity contribution in [1.82, 2.24) is 15.5 Å². The summed E-state index contributed by atoms with van der Waals surface area (Å²) >= 11 is 0. The molecular weight excluding hydrogens is 274 g/mol. The molecule has 112 valence electrons. The summed E-state index contributed by atoms with van der Waals surface area (Å²) in [7, 11) is 3.14. The first-order valence-electron chi connectivity index (χ1n) is 6.39. The van der Waals surface area contributed by atoms with Gasteiger partial charge >= 0.3 is 0 Å². The van der Waals surface area contributed by atoms with Crippen molar-refractivity contribution in [2.45, 2.75) is 19.9 Å². The van der Waals surface area contributed by atoms with Crippen molar-refractivity contribution in [1.29, 1.82) is 0 Å². The summed E-state index contributed by atoms with van der Waals surface area (Å²) in [6.07, 6.45) is 0.0636. The lowest BCUT2D eigenvalue weighted by Gasteiger charge is -2.10. The van der Waals surface area contributed by atoms with Crippen LogP contribution in [0.2, 0.25) is 0 Å². The molecule has 0 atom stereocenters. The number of carbonyl (C=O) groups is 1. The quantitative estimate of drug-likeness (QED) is 0.862. The van der Waals surface area contributed by atoms with E-state index < -0.39 is 0 Å². The Morgan fingerprint density at radius 3 is 2.67 bits per heavy atom. The molecule has 0 fully saturated rings. The maximum atomic E-state index is 11.8. The van der Waals surface area contributed by atoms with Gasteiger partial charge in [-0.1, -0.05) is 11.2 Å². The minimum Gasteiger partial charge on any atom is -0.493 e. The summed E-state index contributed by atoms with van der Waals surface area (Å²) in [6.45, 7) is 2.08. The summed E-state index contributed by atoms with van der Waals surface area (Å²) in [5.74, 6) is 1.90. The number of rotatable bonds is 6. The minimum absolute atomic E-state index is 0.0636. The molecule has 0 radical (unpaired) electrons. The Hall–Kier alpha value is -2.57. The lowest BCUT2D eigenvalue weighted by Crippen LogP contribution is -2.24. The lowest BCUT2D eigenvalue weighted by atomic mass is 10.2. The van der Waals surface area contributed by atoms with Gasteiger partial charge in [0.2, 0.25) is 11.8 Å². The van der Waals surface area contributed by atoms with Crippen LogP contribution in [0.3, 0.4) is 0 Å². The molecule has 1 heterocycles. The van der Waals surface area contributed by atoms with Crippen LogP contribution in [-0.2, 0) is 17.8 Å². The second kappa shape index (κ2) is 6.74. The number of aryl methyl sites for hydroxylation is 1. The van der Waals surface area contributed by atoms with Gasteiger partial charge in [0.25, 0.3) is 0 Å². The summed E-state index contributed by atoms with van der Waals surface area (Å²) < 4.78 is 15.3. The third-order valence-electron chi connectivity index (χ3n) is 2.82. The molecular formula is C14H17N3O4. The van der Waals surface area contributed by atoms with Gasteiger partial charge in [-0.05, 0) is 24.6 Å². The number of hydrogen-bond acceptors (Lipinski definition) is 6. The van der Waals surface area contributed by atoms with Gasteiger partial charge in [0.15, 0.2) is 17.3 Å². The van der Waals surface area contributed by atoms with Crippen LogP contribution in [0.4, 0.5) is 0 Å². The van der Waals surface area contributed by atoms with Gasteiger partial charge in [-0.15, -0.1) is 0 Å². The van der Waals surface area contributed by atoms with E-state index >= 15 is 0 Å². The first-order valence-corrected chi connectivity index (χ1v) is 6.39. The lowest BCUT2D eigenvalue weighted by molar-refractivity contribution is -0.120. The van der Waals surface area contributed by atoms with Gasteiger partial charge in [-0.2, -0.15) is 4.98 Å². The van der Waals surface area contributed by atoms with Crippen molar-refractivity contribution in [2.24, 2.45) is 0 Å². The van der Waals surface area contributed by atoms with Crippen molar-refractivity contribution < 1.29 is 18.8 Å². The van der Waals surface area contributed by atoms with E-state index in [9.17, 15) is 4.79 Å². The maximum Gasteiger partial charge on any atom is 0.236 e. The molecule has 0 saturated heterocycles. The normalized spacial score (nSPS) is 10.2. The molecule has 0 aliphatic heterocycles. The van der Waals surface area contributed by atoms with E-state index in [0.29, 0.717) is 29.8 Å². The van der Waals surface area contributed by atoms with Crippen LogP contribution < -0.4 is 14.8 Å². The van der Waals surface area contributed by atoms with Crippen LogP contribution in [0.5, 0.6) is 11.5 Å². The molecule has 1 N–H and O–H groups in total. The Morgan fingerprint density at radius 2 is 2.05 bits per heavy atom. The molecule has 21 heavy (non-hydrogen) atoms. The van der Waals surface area contributed by atoms with Gasteiger partial charge in [0.05, 0.1) is 14.2 Å². The average Bonchev–Trinajstić information content (AvgIpc) is 2.89. The SMILES string of the molecule is COc1ccc(CNC(=O)Cc2nc(C)no2)cc1OC. The van der Waals surface area contributed by atoms with E-state index in [2.05, 4.69) is 15.5 Å². The van der Waals surface area contributed by atoms with Crippen molar-refractivity contribution in [3.8, 4) is 11.5 Å². The van der Waals surface area contributed by atoms with Crippen LogP contribution >= 0.6 is 0 Å². The van der Waals surface area contributed by atoms with Crippen molar-refractivity contribution >= 4 is 5.91 Å². The van der Waals surface area contributed by atoms with Gasteiger partial charge in [0, 0.05) is 6.54 Å². The zero-order valence-corrected chi connectivity index (χ0v) is 12.2. The second-order valence-electron chi connectivity index (χ2n) is 4.38. The minimum atomic E-state index is -0.187. The highest BCUT2D eigenvalue weighted by Crippen LogP contribution is 2.27. The Morgan fingerprint density at radius 1 is 1.29 bits per heavy atom. The van der Waals surface area contributed by atoms with Crippen LogP contribution in [0, 0.1) is 6.92 Å². The maximum absolute atomic E-state index is 11.8. The predicted octanol–water partition coefficient (Wildman–Crippen LogP) is 1.25. The summed E-state index contributed by atoms with van der Waals surface area (Å²) in [4.78, 5) is 15.8. The molecule has 2 rings (SSSR count). The largest absolute Gasteiger partial charge is 0.493 e. The molecule has 0 bridgehead atoms. The molecule has 0 unspecified atom stereocenters. The fourth-order valence-corrected chi connectivity index (χ4v) is 1.80. The fourth-order valence-electron chi connectivity index (χ4n) is 1.80. The topological polar surface area (TPSA) is 86.5 Å². The molecule has 0 aliphatic carbocycles. The molecule has 1 aromatic heterocycles. The third-order valence-corrected chi connectivity index (χ3v) is 2.82. The second-order valence-corrected chi connectivity index (χ2v) is 4.38. The number of hydrogen-bond donors (Lipinski definition) is 1. The fraction of sp³-hybridized carbons (Fsp3) is 0.357. The number of ether oxygens (including phenoxy) is 2. The molecule has 1 amide bonds. The molecule has 1 aromatic carbocycles. The zero-order chi connectivity index (χ0) is 15.2. The summed E-state index contributed by atoms with van der Waals surface area (Å²) in [5, 5.41) is 6.42. The first kappa shape index (κ1) is 14.8. The van der Waals surface area contributed by atoms with Crippen LogP contribution in [-0.4, -0.2) is 30.3 Å². The zero-order valence-electron chi connectivity index (χ0n) is 12.2. The molecule has 7 nitrogen and oxygen atoms in total. The van der Waals surface area contributed by atoms with Gasteiger partial charge in [-0.3, -0.25) is 4.79 Å². The van der Waals surface area contributed by atoms with Crippen LogP contribution in [0.25, 0.3) is 0 Å². The highest BCUT2D eigenvalue weighted by molar-refractivity contribution is 5.77. The molecule has 0 aliphatic rings. The van der Waals surface area contributed by atoms with Crippen molar-refractivity contribution in [3.63, 3.8) is 0 Å². The number of methoxy groups -OCH3 is 2. The highest BCUT2D eigenvalue weighted by Gasteiger charge is 2.10.